The van der Waals surface area contributed by atoms with Crippen LogP contribution in [0.15, 0.2) is 12.3 Å². The molecule has 0 saturated heterocycles. The van der Waals surface area contributed by atoms with Crippen molar-refractivity contribution in [3.8, 4) is 0 Å². The Morgan fingerprint density at radius 2 is 2.25 bits per heavy atom. The molecule has 0 aromatic carbocycles. The predicted octanol–water partition coefficient (Wildman–Crippen LogP) is -0.886. The molecule has 0 aliphatic carbocycles. The van der Waals surface area contributed by atoms with Gasteiger partial charge in [0.05, 0.1) is 0 Å². The average molecular weight is 186 g/mol. The quantitative estimate of drug-likeness (QED) is 0.466. The van der Waals surface area contributed by atoms with E-state index >= 15 is 0 Å². The topological polar surface area (TPSA) is 0 Å². The number of hydrogen-bond acceptors (Lipinski definition) is 0. The van der Waals surface area contributed by atoms with E-state index in [2.05, 4.69) is 6.58 Å². The van der Waals surface area contributed by atoms with E-state index in [9.17, 15) is 0 Å². The first kappa shape index (κ1) is 4.75. The van der Waals surface area contributed by atoms with Gasteiger partial charge in [-0.25, -0.2) is 0 Å². The molecule has 0 aromatic rings. The summed E-state index contributed by atoms with van der Waals surface area (Å²) < 4.78 is 0. The fourth-order valence-electron chi connectivity index (χ4n) is 0. The Hall–Kier alpha value is 0.746. The molecule has 2 heteroatoms. The SMILES string of the molecule is C=C[SiH2][TeH]. The minimum atomic E-state index is 0.238. The van der Waals surface area contributed by atoms with Crippen LogP contribution in [0, 0.1) is 0 Å². The molecule has 0 atom stereocenters. The normalized spacial score (nSPS) is 9.25. The number of hydrogen-bond donors (Lipinski definition) is 0. The van der Waals surface area contributed by atoms with Gasteiger partial charge in [-0.1, -0.05) is 0 Å². The third-order valence-corrected chi connectivity index (χ3v) is 2.60. The Morgan fingerprint density at radius 1 is 2.00 bits per heavy atom. The summed E-state index contributed by atoms with van der Waals surface area (Å²) >= 11 is 1.92. The first-order valence-corrected chi connectivity index (χ1v) is 8.00. The van der Waals surface area contributed by atoms with Gasteiger partial charge in [0.15, 0.2) is 0 Å². The summed E-state index contributed by atoms with van der Waals surface area (Å²) in [5.74, 6) is 0. The van der Waals surface area contributed by atoms with Gasteiger partial charge in [-0.15, -0.1) is 0 Å². The Bertz CT molecular complexity index is 20.0. The van der Waals surface area contributed by atoms with Crippen LogP contribution in [0.4, 0.5) is 0 Å². The molecule has 0 radical (unpaired) electrons. The standard InChI is InChI=1S/C2H6SiTe/c1-2-3-4/h2,4H,1,3H2. The molecule has 24 valence electrons. The van der Waals surface area contributed by atoms with E-state index in [-0.39, 0.29) is 7.07 Å². The van der Waals surface area contributed by atoms with Crippen LogP contribution in [0.1, 0.15) is 0 Å². The van der Waals surface area contributed by atoms with E-state index in [0.717, 1.165) is 0 Å². The van der Waals surface area contributed by atoms with E-state index < -0.39 is 0 Å². The van der Waals surface area contributed by atoms with Gasteiger partial charge in [0, 0.05) is 0 Å². The summed E-state index contributed by atoms with van der Waals surface area (Å²) in [5, 5.41) is 0. The molecule has 4 heavy (non-hydrogen) atoms. The zero-order chi connectivity index (χ0) is 3.41. The predicted molar refractivity (Wildman–Crippen MR) is 25.9 cm³/mol. The summed E-state index contributed by atoms with van der Waals surface area (Å²) in [7, 11) is 0.238. The van der Waals surface area contributed by atoms with Crippen LogP contribution in [-0.4, -0.2) is 28.6 Å². The molecule has 0 nitrogen and oxygen atoms in total. The zero-order valence-electron chi connectivity index (χ0n) is 2.44. The van der Waals surface area contributed by atoms with E-state index in [0.29, 0.717) is 0 Å². The van der Waals surface area contributed by atoms with Crippen molar-refractivity contribution in [2.75, 3.05) is 0 Å². The third kappa shape index (κ3) is 2.75. The van der Waals surface area contributed by atoms with Crippen LogP contribution in [0.2, 0.25) is 0 Å². The molecule has 0 unspecified atom stereocenters. The van der Waals surface area contributed by atoms with Gasteiger partial charge in [-0.3, -0.25) is 0 Å². The summed E-state index contributed by atoms with van der Waals surface area (Å²) in [6.45, 7) is 3.55. The van der Waals surface area contributed by atoms with Gasteiger partial charge in [0.2, 0.25) is 0 Å². The second-order valence-corrected chi connectivity index (χ2v) is 4.54. The Morgan fingerprint density at radius 3 is 2.25 bits per heavy atom. The molecule has 0 N–H and O–H groups in total. The van der Waals surface area contributed by atoms with Gasteiger partial charge >= 0.3 is 40.9 Å². The van der Waals surface area contributed by atoms with Gasteiger partial charge in [0.25, 0.3) is 0 Å². The zero-order valence-corrected chi connectivity index (χ0v) is 6.41. The van der Waals surface area contributed by atoms with Crippen LogP contribution >= 0.6 is 0 Å². The van der Waals surface area contributed by atoms with Crippen molar-refractivity contribution in [1.82, 2.24) is 0 Å². The first-order chi connectivity index (χ1) is 1.91. The summed E-state index contributed by atoms with van der Waals surface area (Å²) in [5.41, 5.74) is 2.04. The molecule has 0 heterocycles. The summed E-state index contributed by atoms with van der Waals surface area (Å²) in [6.07, 6.45) is 0. The van der Waals surface area contributed by atoms with Crippen LogP contribution in [0.3, 0.4) is 0 Å². The summed E-state index contributed by atoms with van der Waals surface area (Å²) in [4.78, 5) is 0. The van der Waals surface area contributed by atoms with Crippen molar-refractivity contribution < 1.29 is 0 Å². The van der Waals surface area contributed by atoms with Crippen molar-refractivity contribution in [3.05, 3.63) is 12.3 Å². The van der Waals surface area contributed by atoms with E-state index in [1.807, 2.05) is 27.2 Å². The molecule has 0 amide bonds. The fraction of sp³-hybridized carbons (Fsp3) is 0. The van der Waals surface area contributed by atoms with Crippen LogP contribution in [-0.2, 0) is 0 Å². The molecule has 0 rings (SSSR count). The molecule has 0 saturated carbocycles. The van der Waals surface area contributed by atoms with Crippen LogP contribution < -0.4 is 0 Å². The first-order valence-electron chi connectivity index (χ1n) is 1.13. The van der Waals surface area contributed by atoms with Crippen LogP contribution in [0.5, 0.6) is 0 Å². The van der Waals surface area contributed by atoms with Gasteiger partial charge in [-0.05, 0) is 0 Å². The maximum absolute atomic E-state index is 3.55. The summed E-state index contributed by atoms with van der Waals surface area (Å²) in [6, 6.07) is 0. The third-order valence-electron chi connectivity index (χ3n) is 0.129. The van der Waals surface area contributed by atoms with Gasteiger partial charge < -0.3 is 0 Å². The molecule has 0 fully saturated rings. The molecule has 0 bridgehead atoms. The Labute approximate surface area is 41.1 Å². The van der Waals surface area contributed by atoms with Crippen molar-refractivity contribution in [3.63, 3.8) is 0 Å². The van der Waals surface area contributed by atoms with E-state index in [4.69, 9.17) is 0 Å². The molecular weight excluding hydrogens is 180 g/mol. The average Bonchev–Trinajstić information content (AvgIpc) is 1.37. The maximum atomic E-state index is 3.55. The molecule has 0 aliphatic heterocycles. The van der Waals surface area contributed by atoms with E-state index in [1.54, 1.807) is 0 Å². The van der Waals surface area contributed by atoms with E-state index in [1.165, 1.54) is 0 Å². The molecule has 0 aromatic heterocycles. The second kappa shape index (κ2) is 3.75. The fourth-order valence-corrected chi connectivity index (χ4v) is 0. The minimum absolute atomic E-state index is 0.238. The van der Waals surface area contributed by atoms with Gasteiger partial charge in [-0.2, -0.15) is 0 Å². The molecule has 0 aliphatic rings. The monoisotopic (exact) mass is 188 g/mol. The molecular formula is C2H6SiTe. The Balaban J connectivity index is 2.30. The van der Waals surface area contributed by atoms with Crippen molar-refractivity contribution >= 4 is 28.6 Å². The van der Waals surface area contributed by atoms with Crippen molar-refractivity contribution in [2.45, 2.75) is 0 Å². The molecule has 0 spiro atoms. The Kier molecular flexibility index (Phi) is 4.45. The second-order valence-electron chi connectivity index (χ2n) is 0.471. The van der Waals surface area contributed by atoms with Crippen molar-refractivity contribution in [2.24, 2.45) is 0 Å². The van der Waals surface area contributed by atoms with Gasteiger partial charge in [0.1, 0.15) is 0 Å². The van der Waals surface area contributed by atoms with Crippen molar-refractivity contribution in [1.29, 1.82) is 0 Å². The van der Waals surface area contributed by atoms with Crippen LogP contribution in [0.25, 0.3) is 0 Å². The number of rotatable bonds is 1.